The van der Waals surface area contributed by atoms with Crippen molar-refractivity contribution in [3.8, 4) is 0 Å². The van der Waals surface area contributed by atoms with Gasteiger partial charge < -0.3 is 10.6 Å². The van der Waals surface area contributed by atoms with Crippen molar-refractivity contribution in [1.82, 2.24) is 20.2 Å². The second-order valence-corrected chi connectivity index (χ2v) is 5.34. The molecule has 1 aliphatic rings. The molecular weight excluding hydrogens is 252 g/mol. The summed E-state index contributed by atoms with van der Waals surface area (Å²) in [5, 5.41) is 10.6. The summed E-state index contributed by atoms with van der Waals surface area (Å²) in [5.41, 5.74) is 6.88. The van der Waals surface area contributed by atoms with Gasteiger partial charge in [-0.25, -0.2) is 9.97 Å². The zero-order chi connectivity index (χ0) is 13.5. The predicted molar refractivity (Wildman–Crippen MR) is 78.6 cm³/mol. The molecule has 4 rings (SSSR count). The van der Waals surface area contributed by atoms with Crippen molar-refractivity contribution < 1.29 is 0 Å². The Morgan fingerprint density at radius 3 is 3.15 bits per heavy atom. The van der Waals surface area contributed by atoms with Gasteiger partial charge in [-0.2, -0.15) is 5.10 Å². The van der Waals surface area contributed by atoms with Gasteiger partial charge in [-0.1, -0.05) is 0 Å². The lowest BCUT2D eigenvalue weighted by molar-refractivity contribution is 0.503. The van der Waals surface area contributed by atoms with E-state index in [-0.39, 0.29) is 6.04 Å². The first-order valence-corrected chi connectivity index (χ1v) is 6.90. The fourth-order valence-electron chi connectivity index (χ4n) is 3.00. The van der Waals surface area contributed by atoms with E-state index in [1.165, 1.54) is 0 Å². The third-order valence-corrected chi connectivity index (χ3v) is 3.95. The number of H-pyrrole nitrogens is 1. The van der Waals surface area contributed by atoms with Crippen LogP contribution in [0.5, 0.6) is 0 Å². The molecule has 6 heteroatoms. The Kier molecular flexibility index (Phi) is 2.56. The van der Waals surface area contributed by atoms with E-state index >= 15 is 0 Å². The minimum atomic E-state index is 0.225. The molecule has 0 spiro atoms. The van der Waals surface area contributed by atoms with E-state index in [1.807, 2.05) is 18.5 Å². The monoisotopic (exact) mass is 268 g/mol. The smallest absolute Gasteiger partial charge is 0.159 e. The predicted octanol–water partition coefficient (Wildman–Crippen LogP) is 1.43. The van der Waals surface area contributed by atoms with Crippen LogP contribution in [0.4, 0.5) is 5.82 Å². The summed E-state index contributed by atoms with van der Waals surface area (Å²) < 4.78 is 0. The summed E-state index contributed by atoms with van der Waals surface area (Å²) in [4.78, 5) is 10.9. The first-order valence-electron chi connectivity index (χ1n) is 6.90. The Bertz CT molecular complexity index is 765. The normalized spacial score (nSPS) is 19.9. The van der Waals surface area contributed by atoms with E-state index in [0.717, 1.165) is 53.6 Å². The highest BCUT2D eigenvalue weighted by Gasteiger charge is 2.20. The number of rotatable bonds is 1. The molecule has 1 atom stereocenters. The second kappa shape index (κ2) is 4.42. The van der Waals surface area contributed by atoms with Crippen LogP contribution in [0, 0.1) is 0 Å². The summed E-state index contributed by atoms with van der Waals surface area (Å²) in [7, 11) is 0. The van der Waals surface area contributed by atoms with Crippen LogP contribution < -0.4 is 10.6 Å². The number of nitrogens with zero attached hydrogens (tertiary/aromatic N) is 4. The summed E-state index contributed by atoms with van der Waals surface area (Å²) in [5.74, 6) is 1.03. The summed E-state index contributed by atoms with van der Waals surface area (Å²) >= 11 is 0. The molecule has 0 radical (unpaired) electrons. The van der Waals surface area contributed by atoms with Crippen molar-refractivity contribution >= 4 is 27.6 Å². The van der Waals surface area contributed by atoms with Crippen LogP contribution in [0.15, 0.2) is 24.7 Å². The molecule has 6 nitrogen and oxygen atoms in total. The molecule has 1 saturated heterocycles. The molecule has 0 aromatic carbocycles. The van der Waals surface area contributed by atoms with Gasteiger partial charge in [0.1, 0.15) is 5.82 Å². The molecule has 3 aromatic rings. The van der Waals surface area contributed by atoms with Gasteiger partial charge in [0, 0.05) is 47.7 Å². The number of hydrogen-bond donors (Lipinski definition) is 2. The Morgan fingerprint density at radius 2 is 2.25 bits per heavy atom. The molecule has 3 aromatic heterocycles. The molecule has 3 N–H and O–H groups in total. The van der Waals surface area contributed by atoms with Crippen LogP contribution in [0.25, 0.3) is 21.8 Å². The highest BCUT2D eigenvalue weighted by atomic mass is 15.3. The highest BCUT2D eigenvalue weighted by Crippen LogP contribution is 2.30. The van der Waals surface area contributed by atoms with Crippen LogP contribution in [0.3, 0.4) is 0 Å². The molecule has 0 amide bonds. The maximum Gasteiger partial charge on any atom is 0.159 e. The van der Waals surface area contributed by atoms with Gasteiger partial charge in [-0.05, 0) is 18.9 Å². The van der Waals surface area contributed by atoms with E-state index in [4.69, 9.17) is 5.73 Å². The Balaban J connectivity index is 1.96. The number of aromatic nitrogens is 4. The van der Waals surface area contributed by atoms with Gasteiger partial charge in [-0.15, -0.1) is 0 Å². The molecular formula is C14H16N6. The largest absolute Gasteiger partial charge is 0.355 e. The lowest BCUT2D eigenvalue weighted by Crippen LogP contribution is -2.43. The summed E-state index contributed by atoms with van der Waals surface area (Å²) in [6.45, 7) is 1.86. The van der Waals surface area contributed by atoms with Gasteiger partial charge in [0.05, 0.1) is 6.20 Å². The van der Waals surface area contributed by atoms with Gasteiger partial charge in [0.2, 0.25) is 0 Å². The zero-order valence-corrected chi connectivity index (χ0v) is 11.1. The van der Waals surface area contributed by atoms with Crippen molar-refractivity contribution in [2.45, 2.75) is 18.9 Å². The molecule has 102 valence electrons. The minimum absolute atomic E-state index is 0.225. The number of fused-ring (bicyclic) bond motifs is 3. The molecule has 0 aliphatic carbocycles. The SMILES string of the molecule is NC1CCCN(c2[nH]ncc3cnc4nccc4c23)C1. The van der Waals surface area contributed by atoms with Gasteiger partial charge in [0.15, 0.2) is 5.65 Å². The van der Waals surface area contributed by atoms with Crippen molar-refractivity contribution in [2.75, 3.05) is 18.0 Å². The van der Waals surface area contributed by atoms with E-state index < -0.39 is 0 Å². The molecule has 1 fully saturated rings. The van der Waals surface area contributed by atoms with E-state index in [1.54, 1.807) is 6.20 Å². The minimum Gasteiger partial charge on any atom is -0.355 e. The highest BCUT2D eigenvalue weighted by molar-refractivity contribution is 6.09. The average Bonchev–Trinajstić information content (AvgIpc) is 2.95. The lowest BCUT2D eigenvalue weighted by atomic mass is 10.1. The second-order valence-electron chi connectivity index (χ2n) is 5.34. The van der Waals surface area contributed by atoms with Crippen LogP contribution in [0.2, 0.25) is 0 Å². The van der Waals surface area contributed by atoms with Gasteiger partial charge >= 0.3 is 0 Å². The van der Waals surface area contributed by atoms with E-state index in [9.17, 15) is 0 Å². The number of pyridine rings is 1. The van der Waals surface area contributed by atoms with Crippen LogP contribution >= 0.6 is 0 Å². The number of aromatic amines is 1. The first-order chi connectivity index (χ1) is 9.83. The maximum absolute atomic E-state index is 6.10. The Morgan fingerprint density at radius 1 is 1.30 bits per heavy atom. The quantitative estimate of drug-likeness (QED) is 0.697. The molecule has 1 aliphatic heterocycles. The molecule has 0 bridgehead atoms. The van der Waals surface area contributed by atoms with Gasteiger partial charge in [-0.3, -0.25) is 5.10 Å². The number of hydrogen-bond acceptors (Lipinski definition) is 5. The van der Waals surface area contributed by atoms with E-state index in [0.29, 0.717) is 0 Å². The number of nitrogens with one attached hydrogen (secondary N) is 1. The van der Waals surface area contributed by atoms with Crippen LogP contribution in [-0.2, 0) is 0 Å². The zero-order valence-electron chi connectivity index (χ0n) is 11.1. The summed E-state index contributed by atoms with van der Waals surface area (Å²) in [6, 6.07) is 2.23. The number of nitrogens with two attached hydrogens (primary N) is 1. The van der Waals surface area contributed by atoms with E-state index in [2.05, 4.69) is 25.1 Å². The Hall–Kier alpha value is -2.21. The first kappa shape index (κ1) is 11.6. The van der Waals surface area contributed by atoms with Crippen LogP contribution in [0.1, 0.15) is 12.8 Å². The third-order valence-electron chi connectivity index (χ3n) is 3.95. The fourth-order valence-corrected chi connectivity index (χ4v) is 3.00. The van der Waals surface area contributed by atoms with Crippen molar-refractivity contribution in [3.63, 3.8) is 0 Å². The number of piperidine rings is 1. The lowest BCUT2D eigenvalue weighted by Gasteiger charge is -2.32. The number of anilines is 1. The fraction of sp³-hybridized carbons (Fsp3) is 0.357. The Labute approximate surface area is 116 Å². The topological polar surface area (TPSA) is 83.7 Å². The third kappa shape index (κ3) is 1.72. The maximum atomic E-state index is 6.10. The summed E-state index contributed by atoms with van der Waals surface area (Å²) in [6.07, 6.45) is 7.63. The standard InChI is InChI=1S/C14H16N6/c15-10-2-1-5-20(8-10)14-12-9(7-18-19-14)6-17-13-11(12)3-4-16-13/h3-4,6-7,10,19H,1-2,5,8,15H2. The molecule has 0 saturated carbocycles. The van der Waals surface area contributed by atoms with Gasteiger partial charge in [0.25, 0.3) is 0 Å². The molecule has 4 heterocycles. The molecule has 20 heavy (non-hydrogen) atoms. The van der Waals surface area contributed by atoms with Crippen molar-refractivity contribution in [3.05, 3.63) is 24.7 Å². The van der Waals surface area contributed by atoms with Crippen molar-refractivity contribution in [1.29, 1.82) is 0 Å². The average molecular weight is 268 g/mol. The molecule has 1 unspecified atom stereocenters. The van der Waals surface area contributed by atoms with Crippen LogP contribution in [-0.4, -0.2) is 39.3 Å². The van der Waals surface area contributed by atoms with Crippen molar-refractivity contribution in [2.24, 2.45) is 5.73 Å².